The van der Waals surface area contributed by atoms with Crippen molar-refractivity contribution in [3.05, 3.63) is 83.4 Å². The van der Waals surface area contributed by atoms with E-state index in [0.717, 1.165) is 6.42 Å². The first-order chi connectivity index (χ1) is 9.81. The summed E-state index contributed by atoms with van der Waals surface area (Å²) in [5, 5.41) is 0. The monoisotopic (exact) mass is 256 g/mol. The third-order valence-corrected chi connectivity index (χ3v) is 4.15. The molecule has 96 valence electrons. The fourth-order valence-electron chi connectivity index (χ4n) is 3.13. The molecule has 0 fully saturated rings. The van der Waals surface area contributed by atoms with Gasteiger partial charge < -0.3 is 0 Å². The zero-order valence-corrected chi connectivity index (χ0v) is 11.6. The van der Waals surface area contributed by atoms with E-state index < -0.39 is 0 Å². The highest BCUT2D eigenvalue weighted by Crippen LogP contribution is 2.38. The summed E-state index contributed by atoms with van der Waals surface area (Å²) in [7, 11) is 0. The molecular weight excluding hydrogens is 240 g/mol. The van der Waals surface area contributed by atoms with Crippen molar-refractivity contribution in [2.45, 2.75) is 13.3 Å². The Morgan fingerprint density at radius 2 is 1.45 bits per heavy atom. The molecule has 0 aliphatic heterocycles. The molecule has 0 amide bonds. The average molecular weight is 256 g/mol. The van der Waals surface area contributed by atoms with Crippen molar-refractivity contribution in [2.75, 3.05) is 0 Å². The Morgan fingerprint density at radius 1 is 0.650 bits per heavy atom. The molecule has 0 saturated heterocycles. The molecule has 3 aromatic rings. The van der Waals surface area contributed by atoms with E-state index in [9.17, 15) is 0 Å². The molecule has 0 aromatic heterocycles. The number of fused-ring (bicyclic) bond motifs is 3. The first kappa shape index (κ1) is 11.5. The summed E-state index contributed by atoms with van der Waals surface area (Å²) >= 11 is 0. The standard InChI is InChI=1S/C20H16/c1-14-5-4-7-15(11-14)16-9-10-18-12-17-6-2-3-8-19(17)20(18)13-16/h2-11,13H,12H2,1H3. The summed E-state index contributed by atoms with van der Waals surface area (Å²) < 4.78 is 0. The fourth-order valence-corrected chi connectivity index (χ4v) is 3.13. The third kappa shape index (κ3) is 1.77. The van der Waals surface area contributed by atoms with Crippen LogP contribution in [0, 0.1) is 6.92 Å². The predicted molar refractivity (Wildman–Crippen MR) is 84.9 cm³/mol. The number of rotatable bonds is 1. The van der Waals surface area contributed by atoms with Gasteiger partial charge in [0.05, 0.1) is 0 Å². The molecule has 0 spiro atoms. The van der Waals surface area contributed by atoms with Crippen molar-refractivity contribution >= 4 is 0 Å². The van der Waals surface area contributed by atoms with Gasteiger partial charge in [-0.1, -0.05) is 66.2 Å². The first-order valence-electron chi connectivity index (χ1n) is 7.09. The molecule has 0 atom stereocenters. The van der Waals surface area contributed by atoms with Gasteiger partial charge in [0, 0.05) is 0 Å². The van der Waals surface area contributed by atoms with Gasteiger partial charge in [0.1, 0.15) is 0 Å². The van der Waals surface area contributed by atoms with E-state index in [0.29, 0.717) is 0 Å². The van der Waals surface area contributed by atoms with Gasteiger partial charge >= 0.3 is 0 Å². The largest absolute Gasteiger partial charge is 0.0619 e. The lowest BCUT2D eigenvalue weighted by Gasteiger charge is -2.07. The second kappa shape index (κ2) is 4.35. The van der Waals surface area contributed by atoms with Gasteiger partial charge in [-0.2, -0.15) is 0 Å². The number of aryl methyl sites for hydroxylation is 1. The normalized spacial score (nSPS) is 12.1. The van der Waals surface area contributed by atoms with Gasteiger partial charge in [-0.25, -0.2) is 0 Å². The van der Waals surface area contributed by atoms with E-state index in [1.54, 1.807) is 0 Å². The van der Waals surface area contributed by atoms with Crippen LogP contribution in [0.4, 0.5) is 0 Å². The minimum Gasteiger partial charge on any atom is -0.0619 e. The van der Waals surface area contributed by atoms with Gasteiger partial charge in [0.25, 0.3) is 0 Å². The van der Waals surface area contributed by atoms with Crippen LogP contribution >= 0.6 is 0 Å². The van der Waals surface area contributed by atoms with E-state index in [2.05, 4.69) is 73.7 Å². The number of hydrogen-bond donors (Lipinski definition) is 0. The predicted octanol–water partition coefficient (Wildman–Crippen LogP) is 5.23. The van der Waals surface area contributed by atoms with Crippen LogP contribution in [0.1, 0.15) is 16.7 Å². The number of hydrogen-bond acceptors (Lipinski definition) is 0. The maximum Gasteiger partial charge on any atom is -0.00134 e. The lowest BCUT2D eigenvalue weighted by atomic mass is 9.98. The Balaban J connectivity index is 1.88. The van der Waals surface area contributed by atoms with Crippen molar-refractivity contribution in [2.24, 2.45) is 0 Å². The van der Waals surface area contributed by atoms with Crippen LogP contribution in [0.5, 0.6) is 0 Å². The van der Waals surface area contributed by atoms with E-state index in [4.69, 9.17) is 0 Å². The van der Waals surface area contributed by atoms with Crippen LogP contribution in [0.25, 0.3) is 22.3 Å². The second-order valence-electron chi connectivity index (χ2n) is 5.58. The molecule has 0 heterocycles. The zero-order valence-electron chi connectivity index (χ0n) is 11.6. The molecule has 4 rings (SSSR count). The Hall–Kier alpha value is -2.34. The Kier molecular flexibility index (Phi) is 2.50. The minimum atomic E-state index is 1.07. The van der Waals surface area contributed by atoms with Crippen LogP contribution in [0.2, 0.25) is 0 Å². The topological polar surface area (TPSA) is 0 Å². The van der Waals surface area contributed by atoms with Gasteiger partial charge in [0.2, 0.25) is 0 Å². The van der Waals surface area contributed by atoms with Crippen molar-refractivity contribution in [1.29, 1.82) is 0 Å². The van der Waals surface area contributed by atoms with Crippen LogP contribution in [0.3, 0.4) is 0 Å². The van der Waals surface area contributed by atoms with Gasteiger partial charge in [-0.3, -0.25) is 0 Å². The summed E-state index contributed by atoms with van der Waals surface area (Å²) in [6.07, 6.45) is 1.07. The van der Waals surface area contributed by atoms with Crippen molar-refractivity contribution < 1.29 is 0 Å². The Bertz CT molecular complexity index is 797. The Morgan fingerprint density at radius 3 is 2.35 bits per heavy atom. The zero-order chi connectivity index (χ0) is 13.5. The lowest BCUT2D eigenvalue weighted by Crippen LogP contribution is -1.83. The van der Waals surface area contributed by atoms with Crippen LogP contribution < -0.4 is 0 Å². The molecule has 0 heteroatoms. The molecular formula is C20H16. The summed E-state index contributed by atoms with van der Waals surface area (Å²) in [5.41, 5.74) is 9.62. The maximum absolute atomic E-state index is 2.34. The quantitative estimate of drug-likeness (QED) is 0.437. The van der Waals surface area contributed by atoms with E-state index in [1.165, 1.54) is 38.9 Å². The van der Waals surface area contributed by atoms with Crippen molar-refractivity contribution in [1.82, 2.24) is 0 Å². The molecule has 1 aliphatic rings. The van der Waals surface area contributed by atoms with E-state index in [-0.39, 0.29) is 0 Å². The summed E-state index contributed by atoms with van der Waals surface area (Å²) in [5.74, 6) is 0. The second-order valence-corrected chi connectivity index (χ2v) is 5.58. The molecule has 0 unspecified atom stereocenters. The summed E-state index contributed by atoms with van der Waals surface area (Å²) in [6, 6.07) is 24.3. The molecule has 0 saturated carbocycles. The third-order valence-electron chi connectivity index (χ3n) is 4.15. The average Bonchev–Trinajstić information content (AvgIpc) is 2.85. The fraction of sp³-hybridized carbons (Fsp3) is 0.100. The smallest absolute Gasteiger partial charge is 0.00134 e. The molecule has 3 aromatic carbocycles. The van der Waals surface area contributed by atoms with Gasteiger partial charge in [0.15, 0.2) is 0 Å². The first-order valence-corrected chi connectivity index (χ1v) is 7.09. The Labute approximate surface area is 119 Å². The molecule has 20 heavy (non-hydrogen) atoms. The summed E-state index contributed by atoms with van der Waals surface area (Å²) in [6.45, 7) is 2.15. The van der Waals surface area contributed by atoms with E-state index in [1.807, 2.05) is 0 Å². The van der Waals surface area contributed by atoms with Gasteiger partial charge in [-0.15, -0.1) is 0 Å². The van der Waals surface area contributed by atoms with Crippen LogP contribution in [-0.4, -0.2) is 0 Å². The highest BCUT2D eigenvalue weighted by atomic mass is 14.2. The number of benzene rings is 3. The van der Waals surface area contributed by atoms with Crippen LogP contribution in [-0.2, 0) is 6.42 Å². The van der Waals surface area contributed by atoms with E-state index >= 15 is 0 Å². The van der Waals surface area contributed by atoms with Crippen molar-refractivity contribution in [3.8, 4) is 22.3 Å². The molecule has 0 N–H and O–H groups in total. The highest BCUT2D eigenvalue weighted by molar-refractivity contribution is 5.81. The van der Waals surface area contributed by atoms with Crippen LogP contribution in [0.15, 0.2) is 66.7 Å². The molecule has 0 radical (unpaired) electrons. The van der Waals surface area contributed by atoms with Gasteiger partial charge in [-0.05, 0) is 52.8 Å². The molecule has 0 nitrogen and oxygen atoms in total. The highest BCUT2D eigenvalue weighted by Gasteiger charge is 2.17. The SMILES string of the molecule is Cc1cccc(-c2ccc3c(c2)-c2ccccc2C3)c1. The minimum absolute atomic E-state index is 1.07. The molecule has 1 aliphatic carbocycles. The lowest BCUT2D eigenvalue weighted by molar-refractivity contribution is 1.26. The molecule has 0 bridgehead atoms. The van der Waals surface area contributed by atoms with Crippen molar-refractivity contribution in [3.63, 3.8) is 0 Å². The summed E-state index contributed by atoms with van der Waals surface area (Å²) in [4.78, 5) is 0. The maximum atomic E-state index is 2.34.